The highest BCUT2D eigenvalue weighted by molar-refractivity contribution is 7.15. The number of urea groups is 1. The first kappa shape index (κ1) is 16.9. The molecule has 0 bridgehead atoms. The number of carbonyl (C=O) groups is 3. The number of rotatable bonds is 3. The number of hydrogen-bond donors (Lipinski definition) is 1. The van der Waals surface area contributed by atoms with Crippen molar-refractivity contribution in [3.8, 4) is 0 Å². The molecule has 1 aromatic heterocycles. The van der Waals surface area contributed by atoms with Crippen LogP contribution in [0, 0.1) is 0 Å². The molecule has 23 heavy (non-hydrogen) atoms. The predicted octanol–water partition coefficient (Wildman–Crippen LogP) is 1.03. The highest BCUT2D eigenvalue weighted by Gasteiger charge is 2.49. The number of nitrogens with zero attached hydrogens (tertiary/aromatic N) is 4. The third-order valence-corrected chi connectivity index (χ3v) is 3.62. The Kier molecular flexibility index (Phi) is 4.40. The molecule has 1 N–H and O–H groups in total. The zero-order valence-corrected chi connectivity index (χ0v) is 12.6. The molecule has 2 rings (SSSR count). The Morgan fingerprint density at radius 1 is 1.39 bits per heavy atom. The van der Waals surface area contributed by atoms with Gasteiger partial charge in [0.15, 0.2) is 0 Å². The summed E-state index contributed by atoms with van der Waals surface area (Å²) in [5.74, 6) is -1.03. The van der Waals surface area contributed by atoms with Crippen molar-refractivity contribution < 1.29 is 32.3 Å². The van der Waals surface area contributed by atoms with Crippen LogP contribution in [0.4, 0.5) is 27.9 Å². The summed E-state index contributed by atoms with van der Waals surface area (Å²) >= 11 is 0.0321. The van der Waals surface area contributed by atoms with E-state index in [1.807, 2.05) is 0 Å². The Balaban J connectivity index is 2.23. The van der Waals surface area contributed by atoms with Gasteiger partial charge in [-0.05, 0) is 6.92 Å². The maximum atomic E-state index is 12.5. The largest absolute Gasteiger partial charge is 0.445 e. The van der Waals surface area contributed by atoms with E-state index >= 15 is 0 Å². The summed E-state index contributed by atoms with van der Waals surface area (Å²) in [6, 6.07) is -0.978. The van der Waals surface area contributed by atoms with E-state index in [0.29, 0.717) is 4.90 Å². The van der Waals surface area contributed by atoms with Crippen LogP contribution >= 0.6 is 11.3 Å². The van der Waals surface area contributed by atoms with E-state index in [-0.39, 0.29) is 17.9 Å². The molecule has 0 spiro atoms. The Morgan fingerprint density at radius 3 is 2.57 bits per heavy atom. The van der Waals surface area contributed by atoms with E-state index in [0.717, 1.165) is 11.9 Å². The third-order valence-electron chi connectivity index (χ3n) is 2.66. The fourth-order valence-electron chi connectivity index (χ4n) is 1.64. The van der Waals surface area contributed by atoms with Crippen molar-refractivity contribution in [1.82, 2.24) is 20.4 Å². The van der Waals surface area contributed by atoms with E-state index in [2.05, 4.69) is 15.5 Å². The highest BCUT2D eigenvalue weighted by Crippen LogP contribution is 2.36. The first-order valence-corrected chi connectivity index (χ1v) is 6.94. The molecule has 1 atom stereocenters. The highest BCUT2D eigenvalue weighted by atomic mass is 32.1. The average Bonchev–Trinajstić information content (AvgIpc) is 3.00. The summed E-state index contributed by atoms with van der Waals surface area (Å²) in [7, 11) is 1.16. The number of aromatic nitrogens is 2. The second-order valence-electron chi connectivity index (χ2n) is 4.24. The number of alkyl carbamates (subject to hydrolysis) is 1. The van der Waals surface area contributed by atoms with Crippen LogP contribution in [0.1, 0.15) is 11.9 Å². The lowest BCUT2D eigenvalue weighted by Crippen LogP contribution is -2.39. The summed E-state index contributed by atoms with van der Waals surface area (Å²) in [5, 5.41) is 6.51. The van der Waals surface area contributed by atoms with Crippen LogP contribution in [0.3, 0.4) is 0 Å². The zero-order valence-electron chi connectivity index (χ0n) is 11.7. The lowest BCUT2D eigenvalue weighted by molar-refractivity contribution is -0.138. The van der Waals surface area contributed by atoms with Gasteiger partial charge in [-0.25, -0.2) is 9.59 Å². The number of carbonyl (C=O) groups excluding carboxylic acids is 3. The van der Waals surface area contributed by atoms with Crippen molar-refractivity contribution >= 4 is 34.5 Å². The summed E-state index contributed by atoms with van der Waals surface area (Å²) in [5.41, 5.74) is 0. The Morgan fingerprint density at radius 2 is 2.04 bits per heavy atom. The average molecular weight is 353 g/mol. The van der Waals surface area contributed by atoms with Crippen molar-refractivity contribution in [3.05, 3.63) is 5.01 Å². The monoisotopic (exact) mass is 353 g/mol. The molecule has 4 amide bonds. The Hall–Kier alpha value is -2.44. The van der Waals surface area contributed by atoms with Gasteiger partial charge in [0.05, 0.1) is 0 Å². The van der Waals surface area contributed by atoms with Crippen LogP contribution in [-0.2, 0) is 15.7 Å². The van der Waals surface area contributed by atoms with Crippen molar-refractivity contribution in [2.45, 2.75) is 19.3 Å². The number of alkyl halides is 3. The molecule has 1 aromatic rings. The van der Waals surface area contributed by atoms with E-state index in [9.17, 15) is 27.6 Å². The molecule has 1 aliphatic rings. The number of hydrogen-bond acceptors (Lipinski definition) is 7. The number of ether oxygens (including phenoxy) is 1. The van der Waals surface area contributed by atoms with Crippen LogP contribution in [0.2, 0.25) is 0 Å². The minimum atomic E-state index is -4.75. The molecule has 1 unspecified atom stereocenters. The third kappa shape index (κ3) is 3.18. The topological polar surface area (TPSA) is 105 Å². The molecule has 1 aliphatic heterocycles. The Labute approximate surface area is 131 Å². The number of halogens is 3. The van der Waals surface area contributed by atoms with Gasteiger partial charge in [0.1, 0.15) is 0 Å². The van der Waals surface area contributed by atoms with Gasteiger partial charge in [0.25, 0.3) is 12.1 Å². The molecule has 1 saturated heterocycles. The number of likely N-dealkylation sites (N-methyl/N-ethyl adjacent to an activating group) is 1. The molecule has 1 fully saturated rings. The van der Waals surface area contributed by atoms with Crippen molar-refractivity contribution in [1.29, 1.82) is 0 Å². The van der Waals surface area contributed by atoms with Gasteiger partial charge >= 0.3 is 18.3 Å². The molecule has 0 saturated carbocycles. The fourth-order valence-corrected chi connectivity index (χ4v) is 2.35. The van der Waals surface area contributed by atoms with Gasteiger partial charge in [-0.3, -0.25) is 9.69 Å². The van der Waals surface area contributed by atoms with Crippen LogP contribution < -0.4 is 10.2 Å². The summed E-state index contributed by atoms with van der Waals surface area (Å²) < 4.78 is 42.3. The number of nitrogens with one attached hydrogen (secondary N) is 1. The van der Waals surface area contributed by atoms with Gasteiger partial charge in [-0.1, -0.05) is 11.3 Å². The minimum absolute atomic E-state index is 0.0321. The normalized spacial score (nSPS) is 18.6. The van der Waals surface area contributed by atoms with Crippen LogP contribution in [0.15, 0.2) is 0 Å². The van der Waals surface area contributed by atoms with E-state index in [1.54, 1.807) is 6.92 Å². The quantitative estimate of drug-likeness (QED) is 0.814. The lowest BCUT2D eigenvalue weighted by Gasteiger charge is -2.16. The summed E-state index contributed by atoms with van der Waals surface area (Å²) in [6.45, 7) is 1.84. The SMILES string of the molecule is CCNC(=O)OC1C(=O)N(c2nnc(C(F)(F)F)s2)C(=O)N1C. The summed E-state index contributed by atoms with van der Waals surface area (Å²) in [4.78, 5) is 36.7. The van der Waals surface area contributed by atoms with Crippen molar-refractivity contribution in [2.24, 2.45) is 0 Å². The molecule has 9 nitrogen and oxygen atoms in total. The zero-order chi connectivity index (χ0) is 17.4. The van der Waals surface area contributed by atoms with Gasteiger partial charge in [0.2, 0.25) is 10.1 Å². The van der Waals surface area contributed by atoms with E-state index in [1.165, 1.54) is 0 Å². The van der Waals surface area contributed by atoms with Gasteiger partial charge in [-0.2, -0.15) is 18.1 Å². The molecule has 0 radical (unpaired) electrons. The van der Waals surface area contributed by atoms with Crippen LogP contribution in [-0.4, -0.2) is 52.9 Å². The standard InChI is InChI=1S/C10H10F3N5O4S/c1-3-14-8(20)22-5-4(19)18(9(21)17(5)2)7-16-15-6(23-7)10(11,12)13/h5H,3H2,1-2H3,(H,14,20). The van der Waals surface area contributed by atoms with Crippen LogP contribution in [0.25, 0.3) is 0 Å². The predicted molar refractivity (Wildman–Crippen MR) is 69.5 cm³/mol. The second kappa shape index (κ2) is 5.98. The molecule has 126 valence electrons. The van der Waals surface area contributed by atoms with E-state index < -0.39 is 40.6 Å². The lowest BCUT2D eigenvalue weighted by atomic mass is 10.5. The maximum Gasteiger partial charge on any atom is 0.445 e. The molecular weight excluding hydrogens is 343 g/mol. The second-order valence-corrected chi connectivity index (χ2v) is 5.20. The maximum absolute atomic E-state index is 12.5. The minimum Gasteiger partial charge on any atom is -0.415 e. The smallest absolute Gasteiger partial charge is 0.415 e. The number of anilines is 1. The molecule has 13 heteroatoms. The van der Waals surface area contributed by atoms with Gasteiger partial charge in [-0.15, -0.1) is 10.2 Å². The molecule has 0 aromatic carbocycles. The van der Waals surface area contributed by atoms with Crippen LogP contribution in [0.5, 0.6) is 0 Å². The van der Waals surface area contributed by atoms with Crippen molar-refractivity contribution in [3.63, 3.8) is 0 Å². The molecular formula is C10H10F3N5O4S. The fraction of sp³-hybridized carbons (Fsp3) is 0.500. The first-order valence-electron chi connectivity index (χ1n) is 6.12. The number of imide groups is 1. The summed E-state index contributed by atoms with van der Waals surface area (Å²) in [6.07, 6.45) is -7.28. The molecule has 2 heterocycles. The molecule has 0 aliphatic carbocycles. The van der Waals surface area contributed by atoms with Crippen molar-refractivity contribution in [2.75, 3.05) is 18.5 Å². The first-order chi connectivity index (χ1) is 10.7. The van der Waals surface area contributed by atoms with E-state index in [4.69, 9.17) is 4.74 Å². The number of amides is 4. The Bertz CT molecular complexity index is 649. The van der Waals surface area contributed by atoms with Gasteiger partial charge < -0.3 is 10.1 Å². The van der Waals surface area contributed by atoms with Gasteiger partial charge in [0, 0.05) is 13.6 Å².